The smallest absolute Gasteiger partial charge is 0.278 e. The number of pyridine rings is 4. The van der Waals surface area contributed by atoms with Crippen molar-refractivity contribution in [2.45, 2.75) is 39.0 Å². The topological polar surface area (TPSA) is 108 Å². The average molecular weight is 577 g/mol. The summed E-state index contributed by atoms with van der Waals surface area (Å²) in [5.41, 5.74) is -4.27. The van der Waals surface area contributed by atoms with Gasteiger partial charge in [0.2, 0.25) is 0 Å². The maximum Gasteiger partial charge on any atom is 0.278 e. The molecule has 0 unspecified atom stereocenters. The molecule has 0 spiro atoms. The van der Waals surface area contributed by atoms with Crippen LogP contribution in [-0.2, 0) is 29.9 Å². The van der Waals surface area contributed by atoms with Crippen LogP contribution in [0.4, 0.5) is 13.2 Å². The number of hydrogen-bond acceptors (Lipinski definition) is 7. The Balaban J connectivity index is 1.68. The van der Waals surface area contributed by atoms with Crippen LogP contribution < -0.4 is 15.9 Å². The Bertz CT molecular complexity index is 1840. The highest BCUT2D eigenvalue weighted by molar-refractivity contribution is 6.31. The minimum Gasteiger partial charge on any atom is -0.485 e. The molecule has 0 aromatic carbocycles. The fourth-order valence-electron chi connectivity index (χ4n) is 4.21. The number of halogens is 4. The van der Waals surface area contributed by atoms with E-state index in [1.807, 2.05) is 0 Å². The minimum atomic E-state index is -3.00. The fraction of sp³-hybridized carbons (Fsp3) is 0.259. The van der Waals surface area contributed by atoms with Gasteiger partial charge in [0.1, 0.15) is 28.8 Å². The van der Waals surface area contributed by atoms with Crippen LogP contribution in [0.15, 0.2) is 52.4 Å². The van der Waals surface area contributed by atoms with Crippen molar-refractivity contribution in [3.8, 4) is 17.3 Å². The van der Waals surface area contributed by atoms with E-state index in [1.165, 1.54) is 38.4 Å². The van der Waals surface area contributed by atoms with Crippen LogP contribution in [0.5, 0.6) is 5.75 Å². The molecule has 1 aliphatic heterocycles. The van der Waals surface area contributed by atoms with Gasteiger partial charge in [-0.05, 0) is 32.4 Å². The zero-order valence-corrected chi connectivity index (χ0v) is 21.8. The molecule has 208 valence electrons. The Morgan fingerprint density at radius 3 is 2.70 bits per heavy atom. The lowest BCUT2D eigenvalue weighted by molar-refractivity contribution is 0.0767. The van der Waals surface area contributed by atoms with Crippen LogP contribution in [0.1, 0.15) is 39.1 Å². The van der Waals surface area contributed by atoms with Crippen LogP contribution in [0.3, 0.4) is 0 Å². The Kier molecular flexibility index (Phi) is 6.58. The standard InChI is InChI=1S/C27H22ClF3N4O5/c1-27(2,38)17-4-3-6-34(25(17)36)24-22(31)23-14(10-33-24)5-7-39-12-16-9-20(21(28)26(37)35(16)23)40-13-19-18(30)8-15(29)11-32-19/h3-4,6,8-11,38H,5,7,12-13H2,1-2H3/i13D2. The lowest BCUT2D eigenvalue weighted by Gasteiger charge is -2.23. The van der Waals surface area contributed by atoms with Gasteiger partial charge in [-0.2, -0.15) is 0 Å². The molecular weight excluding hydrogens is 553 g/mol. The first-order valence-electron chi connectivity index (χ1n) is 12.9. The Morgan fingerprint density at radius 2 is 1.98 bits per heavy atom. The van der Waals surface area contributed by atoms with Crippen molar-refractivity contribution in [3.63, 3.8) is 0 Å². The molecule has 9 nitrogen and oxygen atoms in total. The van der Waals surface area contributed by atoms with Crippen LogP contribution >= 0.6 is 11.6 Å². The Hall–Kier alpha value is -4.00. The summed E-state index contributed by atoms with van der Waals surface area (Å²) in [6.07, 6.45) is 3.28. The number of hydrogen-bond donors (Lipinski definition) is 1. The normalized spacial score (nSPS) is 14.4. The van der Waals surface area contributed by atoms with Gasteiger partial charge in [-0.25, -0.2) is 18.2 Å². The zero-order valence-electron chi connectivity index (χ0n) is 23.0. The third-order valence-corrected chi connectivity index (χ3v) is 6.48. The van der Waals surface area contributed by atoms with Gasteiger partial charge in [-0.3, -0.25) is 23.7 Å². The molecule has 0 saturated heterocycles. The van der Waals surface area contributed by atoms with Crippen molar-refractivity contribution < 1.29 is 30.5 Å². The first kappa shape index (κ1) is 25.0. The summed E-state index contributed by atoms with van der Waals surface area (Å²) in [6, 6.07) is 4.38. The lowest BCUT2D eigenvalue weighted by atomic mass is 10.0. The van der Waals surface area contributed by atoms with Gasteiger partial charge < -0.3 is 14.6 Å². The van der Waals surface area contributed by atoms with Gasteiger partial charge in [-0.15, -0.1) is 0 Å². The number of fused-ring (bicyclic) bond motifs is 3. The zero-order chi connectivity index (χ0) is 30.6. The van der Waals surface area contributed by atoms with E-state index in [4.69, 9.17) is 23.8 Å². The van der Waals surface area contributed by atoms with Gasteiger partial charge in [0.05, 0.1) is 39.1 Å². The summed E-state index contributed by atoms with van der Waals surface area (Å²) in [5.74, 6) is -4.40. The van der Waals surface area contributed by atoms with E-state index in [1.54, 1.807) is 0 Å². The highest BCUT2D eigenvalue weighted by atomic mass is 35.5. The second kappa shape index (κ2) is 10.5. The molecular formula is C27H22ClF3N4O5. The quantitative estimate of drug-likeness (QED) is 0.386. The molecule has 0 amide bonds. The van der Waals surface area contributed by atoms with Crippen molar-refractivity contribution >= 4 is 11.6 Å². The maximum atomic E-state index is 16.3. The number of nitrogens with zero attached hydrogens (tertiary/aromatic N) is 4. The highest BCUT2D eigenvalue weighted by Crippen LogP contribution is 2.30. The molecule has 13 heteroatoms. The molecule has 0 aliphatic carbocycles. The molecule has 0 saturated carbocycles. The van der Waals surface area contributed by atoms with E-state index in [0.29, 0.717) is 12.3 Å². The van der Waals surface area contributed by atoms with Crippen molar-refractivity contribution in [2.75, 3.05) is 6.61 Å². The van der Waals surface area contributed by atoms with Crippen LogP contribution in [0, 0.1) is 17.5 Å². The number of aliphatic hydroxyl groups is 1. The lowest BCUT2D eigenvalue weighted by Crippen LogP contribution is -2.32. The molecule has 4 aromatic heterocycles. The molecule has 40 heavy (non-hydrogen) atoms. The van der Waals surface area contributed by atoms with Crippen LogP contribution in [-0.4, -0.2) is 30.8 Å². The van der Waals surface area contributed by atoms with Gasteiger partial charge in [0, 0.05) is 35.7 Å². The predicted molar refractivity (Wildman–Crippen MR) is 137 cm³/mol. The second-order valence-electron chi connectivity index (χ2n) is 9.37. The average Bonchev–Trinajstić information content (AvgIpc) is 2.88. The number of rotatable bonds is 5. The summed E-state index contributed by atoms with van der Waals surface area (Å²) in [6.45, 7) is -0.376. The molecule has 0 radical (unpaired) electrons. The van der Waals surface area contributed by atoms with Crippen molar-refractivity contribution in [1.82, 2.24) is 19.1 Å². The summed E-state index contributed by atoms with van der Waals surface area (Å²) in [7, 11) is 0. The van der Waals surface area contributed by atoms with Gasteiger partial charge >= 0.3 is 0 Å². The molecule has 0 atom stereocenters. The largest absolute Gasteiger partial charge is 0.485 e. The monoisotopic (exact) mass is 576 g/mol. The van der Waals surface area contributed by atoms with E-state index < -0.39 is 63.0 Å². The van der Waals surface area contributed by atoms with E-state index in [-0.39, 0.29) is 42.1 Å². The molecule has 0 fully saturated rings. The molecule has 1 aliphatic rings. The van der Waals surface area contributed by atoms with Crippen molar-refractivity contribution in [1.29, 1.82) is 0 Å². The van der Waals surface area contributed by atoms with E-state index in [2.05, 4.69) is 9.97 Å². The van der Waals surface area contributed by atoms with Crippen molar-refractivity contribution in [3.05, 3.63) is 109 Å². The summed E-state index contributed by atoms with van der Waals surface area (Å²) >= 11 is 6.29. The number of ether oxygens (including phenoxy) is 2. The summed E-state index contributed by atoms with van der Waals surface area (Å²) in [5, 5.41) is 9.71. The first-order valence-corrected chi connectivity index (χ1v) is 12.2. The van der Waals surface area contributed by atoms with Crippen LogP contribution in [0.25, 0.3) is 11.5 Å². The fourth-order valence-corrected chi connectivity index (χ4v) is 4.39. The SMILES string of the molecule is [2H]C([2H])(Oc1cc2n(c(=O)c1Cl)-c1c(cnc(-n3cccc(C(C)(C)O)c3=O)c1F)CCOC2)c1ncc(F)cc1F. The highest BCUT2D eigenvalue weighted by Gasteiger charge is 2.27. The summed E-state index contributed by atoms with van der Waals surface area (Å²) < 4.78 is 72.9. The van der Waals surface area contributed by atoms with Crippen molar-refractivity contribution in [2.24, 2.45) is 0 Å². The molecule has 5 rings (SSSR count). The van der Waals surface area contributed by atoms with E-state index >= 15 is 4.39 Å². The Labute approximate surface area is 232 Å². The molecule has 5 heterocycles. The third-order valence-electron chi connectivity index (χ3n) is 6.13. The van der Waals surface area contributed by atoms with E-state index in [9.17, 15) is 23.5 Å². The molecule has 1 N–H and O–H groups in total. The first-order chi connectivity index (χ1) is 19.7. The third kappa shape index (κ3) is 5.01. The van der Waals surface area contributed by atoms with Gasteiger partial charge in [0.25, 0.3) is 11.1 Å². The van der Waals surface area contributed by atoms with Crippen LogP contribution in [0.2, 0.25) is 5.02 Å². The van der Waals surface area contributed by atoms with Gasteiger partial charge in [0.15, 0.2) is 17.5 Å². The minimum absolute atomic E-state index is 0.0164. The maximum absolute atomic E-state index is 16.3. The van der Waals surface area contributed by atoms with E-state index in [0.717, 1.165) is 15.2 Å². The molecule has 4 aromatic rings. The summed E-state index contributed by atoms with van der Waals surface area (Å²) in [4.78, 5) is 34.3. The number of aromatic nitrogens is 4. The molecule has 0 bridgehead atoms. The predicted octanol–water partition coefficient (Wildman–Crippen LogP) is 3.73. The van der Waals surface area contributed by atoms with Gasteiger partial charge in [-0.1, -0.05) is 11.6 Å². The Morgan fingerprint density at radius 1 is 1.20 bits per heavy atom. The second-order valence-corrected chi connectivity index (χ2v) is 9.75.